The largest absolute Gasteiger partial charge is 0.410 e. The van der Waals surface area contributed by atoms with Crippen LogP contribution >= 0.6 is 0 Å². The van der Waals surface area contributed by atoms with Crippen molar-refractivity contribution in [3.8, 4) is 12.1 Å². The van der Waals surface area contributed by atoms with Crippen LogP contribution in [-0.4, -0.2) is 142 Å². The van der Waals surface area contributed by atoms with E-state index in [1.807, 2.05) is 33.8 Å². The van der Waals surface area contributed by atoms with Gasteiger partial charge in [-0.3, -0.25) is 25.1 Å². The van der Waals surface area contributed by atoms with Crippen molar-refractivity contribution in [2.75, 3.05) is 0 Å². The molecule has 10 aliphatic carbocycles. The summed E-state index contributed by atoms with van der Waals surface area (Å²) in [5.74, 6) is -2.82. The van der Waals surface area contributed by atoms with Gasteiger partial charge in [0, 0.05) is 40.4 Å². The smallest absolute Gasteiger partial charge is 0.370 e. The molecule has 10 saturated carbocycles. The molecule has 32 unspecified atom stereocenters. The molecular formula is C56H76F6N2O19S6. The van der Waals surface area contributed by atoms with E-state index in [9.17, 15) is 76.8 Å². The highest BCUT2D eigenvalue weighted by molar-refractivity contribution is 7.89. The van der Waals surface area contributed by atoms with E-state index in [1.54, 1.807) is 13.8 Å². The van der Waals surface area contributed by atoms with Gasteiger partial charge in [0.25, 0.3) is 60.7 Å². The predicted molar refractivity (Wildman–Crippen MR) is 297 cm³/mol. The Kier molecular flexibility index (Phi) is 14.1. The number of fused-ring (bicyclic) bond motifs is 6. The Morgan fingerprint density at radius 2 is 1.02 bits per heavy atom. The Labute approximate surface area is 516 Å². The molecular weight excluding hydrogens is 1310 g/mol. The maximum atomic E-state index is 13.1. The quantitative estimate of drug-likeness (QED) is 0.177. The number of nitriles is 2. The first-order chi connectivity index (χ1) is 40.6. The lowest BCUT2D eigenvalue weighted by atomic mass is 9.57. The van der Waals surface area contributed by atoms with E-state index in [2.05, 4.69) is 40.7 Å². The predicted octanol–water partition coefficient (Wildman–Crippen LogP) is 6.86. The van der Waals surface area contributed by atoms with E-state index < -0.39 is 135 Å². The highest BCUT2D eigenvalue weighted by Crippen LogP contribution is 2.82. The van der Waals surface area contributed by atoms with Gasteiger partial charge in [-0.2, -0.15) is 87.4 Å². The third-order valence-corrected chi connectivity index (χ3v) is 39.1. The van der Waals surface area contributed by atoms with Crippen LogP contribution in [0.15, 0.2) is 0 Å². The van der Waals surface area contributed by atoms with Gasteiger partial charge in [0.2, 0.25) is 0 Å². The molecule has 0 spiro atoms. The maximum Gasteiger partial charge on any atom is 0.410 e. The second kappa shape index (κ2) is 19.2. The van der Waals surface area contributed by atoms with Crippen LogP contribution < -0.4 is 0 Å². The number of nitrogens with zero attached hydrogens (tertiary/aromatic N) is 2. The Bertz CT molecular complexity index is 3840. The minimum absolute atomic E-state index is 0.0464. The molecule has 33 heteroatoms. The summed E-state index contributed by atoms with van der Waals surface area (Å²) >= 11 is 0. The van der Waals surface area contributed by atoms with E-state index in [-0.39, 0.29) is 117 Å². The third kappa shape index (κ3) is 8.02. The summed E-state index contributed by atoms with van der Waals surface area (Å²) in [6, 6.07) is 4.15. The summed E-state index contributed by atoms with van der Waals surface area (Å²) in [6.45, 7) is 22.4. The molecule has 0 amide bonds. The van der Waals surface area contributed by atoms with Crippen LogP contribution in [0.3, 0.4) is 0 Å². The number of ether oxygens (including phenoxy) is 1. The maximum absolute atomic E-state index is 13.1. The lowest BCUT2D eigenvalue weighted by Crippen LogP contribution is -2.54. The van der Waals surface area contributed by atoms with E-state index in [0.717, 1.165) is 19.3 Å². The molecule has 0 aromatic rings. The van der Waals surface area contributed by atoms with Crippen LogP contribution in [0.1, 0.15) is 128 Å². The van der Waals surface area contributed by atoms with Crippen LogP contribution in [0.2, 0.25) is 0 Å². The van der Waals surface area contributed by atoms with Crippen LogP contribution in [0, 0.1) is 134 Å². The Hall–Kier alpha value is -2.02. The van der Waals surface area contributed by atoms with Crippen LogP contribution in [-0.2, 0) is 90.5 Å². The lowest BCUT2D eigenvalue weighted by Gasteiger charge is -2.49. The molecule has 18 rings (SSSR count). The highest BCUT2D eigenvalue weighted by atomic mass is 32.2. The molecule has 18 aliphatic rings. The van der Waals surface area contributed by atoms with Gasteiger partial charge >= 0.3 is 12.4 Å². The first-order valence-corrected chi connectivity index (χ1v) is 39.4. The summed E-state index contributed by atoms with van der Waals surface area (Å²) < 4.78 is 250. The van der Waals surface area contributed by atoms with Crippen molar-refractivity contribution in [3.05, 3.63) is 0 Å². The molecule has 21 nitrogen and oxygen atoms in total. The van der Waals surface area contributed by atoms with Crippen LogP contribution in [0.5, 0.6) is 0 Å². The van der Waals surface area contributed by atoms with Crippen molar-refractivity contribution in [1.29, 1.82) is 10.5 Å². The second-order valence-electron chi connectivity index (χ2n) is 30.5. The van der Waals surface area contributed by atoms with Gasteiger partial charge in [0.15, 0.2) is 9.49 Å². The zero-order valence-electron chi connectivity index (χ0n) is 50.6. The van der Waals surface area contributed by atoms with E-state index >= 15 is 0 Å². The molecule has 8 saturated heterocycles. The molecule has 502 valence electrons. The average molecular weight is 1390 g/mol. The highest BCUT2D eigenvalue weighted by Gasteiger charge is 2.87. The molecule has 12 bridgehead atoms. The lowest BCUT2D eigenvalue weighted by molar-refractivity contribution is -0.190. The monoisotopic (exact) mass is 1390 g/mol. The summed E-state index contributed by atoms with van der Waals surface area (Å²) in [7, 11) is -22.3. The number of alkyl halides is 6. The number of hydrogen-bond acceptors (Lipinski definition) is 21. The molecule has 18 fully saturated rings. The minimum atomic E-state index is -4.72. The molecule has 0 radical (unpaired) electrons. The number of halogens is 6. The molecule has 8 aliphatic heterocycles. The summed E-state index contributed by atoms with van der Waals surface area (Å²) in [5, 5.41) is 15.5. The van der Waals surface area contributed by atoms with Crippen molar-refractivity contribution in [3.63, 3.8) is 0 Å². The van der Waals surface area contributed by atoms with Gasteiger partial charge in [0.1, 0.15) is 28.0 Å². The van der Waals surface area contributed by atoms with E-state index in [4.69, 9.17) is 40.4 Å². The topological polar surface area (TPSA) is 317 Å². The standard InChI is InChI=1S/C13H22O3S.2C9H11F3O3S.2C9H11NO3S.C7H10O4S/c1-8-11(4)7-9-12(8,5)13(6,10(11,2)3)16-17(9,14)15;1-4-5-2-6-7(4)15-16(13,14)8(6,3-5)9(10,11)12;1-3-4-2-5-7(3)15-16(13,14)8(5)6(4)9(10,11)12;1-5-6-2-7-8(5)13-14(11,12)9(7,3-6)4-10;1-4-5-2-6-8(4)13-14(11,12)9(6)7(5)3-10;1-3-4-2-5-7(10-4)6(3)11-12(5,8)9/h8-9H,7H2,1-6H3;4-7H,2-3H2,1H3;3-8H,2H2,1H3;5-8H,2-3H2,1H3;4-9H,2H2,1H3;3-7H,2H2,1H3. The first-order valence-electron chi connectivity index (χ1n) is 30.7. The molecule has 0 aromatic heterocycles. The summed E-state index contributed by atoms with van der Waals surface area (Å²) in [6.07, 6.45) is -7.16. The van der Waals surface area contributed by atoms with Crippen molar-refractivity contribution < 1.29 is 107 Å². The van der Waals surface area contributed by atoms with Gasteiger partial charge in [-0.05, 0) is 117 Å². The van der Waals surface area contributed by atoms with Crippen molar-refractivity contribution >= 4 is 60.7 Å². The zero-order chi connectivity index (χ0) is 65.6. The number of rotatable bonds is 0. The Morgan fingerprint density at radius 3 is 1.53 bits per heavy atom. The molecule has 0 N–H and O–H groups in total. The fraction of sp³-hybridized carbons (Fsp3) is 0.964. The molecule has 8 heterocycles. The van der Waals surface area contributed by atoms with Gasteiger partial charge < -0.3 is 4.74 Å². The van der Waals surface area contributed by atoms with E-state index in [0.29, 0.717) is 43.4 Å². The fourth-order valence-electron chi connectivity index (χ4n) is 22.3. The van der Waals surface area contributed by atoms with Gasteiger partial charge in [-0.25, -0.2) is 0 Å². The number of hydrogen-bond donors (Lipinski definition) is 0. The first kappa shape index (κ1) is 65.6. The van der Waals surface area contributed by atoms with Gasteiger partial charge in [-0.1, -0.05) is 69.2 Å². The second-order valence-corrected chi connectivity index (χ2v) is 41.1. The Morgan fingerprint density at radius 1 is 0.506 bits per heavy atom. The van der Waals surface area contributed by atoms with Crippen molar-refractivity contribution in [2.45, 2.75) is 219 Å². The van der Waals surface area contributed by atoms with Crippen molar-refractivity contribution in [2.24, 2.45) is 111 Å². The minimum Gasteiger partial charge on any atom is -0.370 e. The molecule has 32 atom stereocenters. The van der Waals surface area contributed by atoms with Crippen molar-refractivity contribution in [1.82, 2.24) is 0 Å². The van der Waals surface area contributed by atoms with Gasteiger partial charge in [-0.15, -0.1) is 0 Å². The van der Waals surface area contributed by atoms with Gasteiger partial charge in [0.05, 0.1) is 65.3 Å². The normalized spacial score (nSPS) is 57.2. The average Bonchev–Trinajstić information content (AvgIpc) is 1.46. The Balaban J connectivity index is 0.0000000985. The zero-order valence-corrected chi connectivity index (χ0v) is 55.5. The molecule has 0 aromatic carbocycles. The van der Waals surface area contributed by atoms with E-state index in [1.165, 1.54) is 0 Å². The third-order valence-electron chi connectivity index (χ3n) is 27.9. The molecule has 89 heavy (non-hydrogen) atoms. The fourth-order valence-corrected chi connectivity index (χ4v) is 34.8. The summed E-state index contributed by atoms with van der Waals surface area (Å²) in [5.41, 5.74) is -0.876. The SMILES string of the molecule is CC1C2(C)CC3C1(C)C(C)(OS3(=O)=O)C2(C)C.CC1C2CC3C(O2)C1OS3(=O)=O.CC1C2CC3C1OS(=O)(=O)C3(C#N)C2.CC1C2CC3C1OS(=O)(=O)C3(C(F)(F)F)C2.CC1C2CC3C1OS(=O)(=O)C3C2C#N.CC1C2CC3C1OS(=O)(=O)C3C2C(F)(F)F. The van der Waals surface area contributed by atoms with Crippen LogP contribution in [0.25, 0.3) is 0 Å². The summed E-state index contributed by atoms with van der Waals surface area (Å²) in [4.78, 5) is 0. The van der Waals surface area contributed by atoms with Crippen LogP contribution in [0.4, 0.5) is 26.3 Å².